The molecule has 0 aliphatic heterocycles. The van der Waals surface area contributed by atoms with Crippen molar-refractivity contribution in [2.45, 2.75) is 26.0 Å². The van der Waals surface area contributed by atoms with Gasteiger partial charge in [-0.1, -0.05) is 42.5 Å². The lowest BCUT2D eigenvalue weighted by Crippen LogP contribution is -2.36. The number of rotatable bonds is 9. The number of fused-ring (bicyclic) bond motifs is 2. The minimum absolute atomic E-state index is 0.0552. The van der Waals surface area contributed by atoms with Gasteiger partial charge in [-0.25, -0.2) is 14.2 Å². The Morgan fingerprint density at radius 1 is 1.00 bits per heavy atom. The number of para-hydroxylation sites is 1. The lowest BCUT2D eigenvalue weighted by Gasteiger charge is -2.33. The normalized spacial score (nSPS) is 12.8. The van der Waals surface area contributed by atoms with Gasteiger partial charge in [-0.2, -0.15) is 0 Å². The molecule has 0 fully saturated rings. The molecule has 1 aromatic heterocycles. The summed E-state index contributed by atoms with van der Waals surface area (Å²) < 4.78 is 46.1. The molecule has 0 bridgehead atoms. The van der Waals surface area contributed by atoms with E-state index in [1.807, 2.05) is 60.7 Å². The lowest BCUT2D eigenvalue weighted by molar-refractivity contribution is 0.0696. The van der Waals surface area contributed by atoms with Gasteiger partial charge in [-0.05, 0) is 78.2 Å². The van der Waals surface area contributed by atoms with Crippen LogP contribution >= 0.6 is 0 Å². The summed E-state index contributed by atoms with van der Waals surface area (Å²) in [4.78, 5) is 15.7. The molecule has 2 unspecified atom stereocenters. The molecule has 0 saturated heterocycles. The van der Waals surface area contributed by atoms with E-state index in [0.717, 1.165) is 33.4 Å². The monoisotopic (exact) mass is 543 g/mol. The van der Waals surface area contributed by atoms with E-state index < -0.39 is 29.1 Å². The molecule has 0 aliphatic rings. The fourth-order valence-electron chi connectivity index (χ4n) is 4.52. The van der Waals surface area contributed by atoms with Crippen LogP contribution in [0.25, 0.3) is 21.7 Å². The lowest BCUT2D eigenvalue weighted by atomic mass is 10.0. The molecule has 7 nitrogen and oxygen atoms in total. The number of pyridine rings is 1. The number of carboxylic acids is 1. The third-order valence-corrected chi connectivity index (χ3v) is 7.36. The highest BCUT2D eigenvalue weighted by molar-refractivity contribution is 7.80. The van der Waals surface area contributed by atoms with Crippen molar-refractivity contribution in [2.75, 3.05) is 4.31 Å². The van der Waals surface area contributed by atoms with Gasteiger partial charge in [0.1, 0.15) is 18.2 Å². The Morgan fingerprint density at radius 3 is 2.54 bits per heavy atom. The zero-order valence-corrected chi connectivity index (χ0v) is 21.7. The molecule has 0 aliphatic carbocycles. The van der Waals surface area contributed by atoms with E-state index in [2.05, 4.69) is 4.98 Å². The summed E-state index contributed by atoms with van der Waals surface area (Å²) in [7, 11) is 0. The van der Waals surface area contributed by atoms with Crippen LogP contribution in [0.4, 0.5) is 10.1 Å². The molecule has 0 radical (unpaired) electrons. The molecular weight excluding hydrogens is 519 g/mol. The molecule has 198 valence electrons. The third-order valence-electron chi connectivity index (χ3n) is 6.47. The summed E-state index contributed by atoms with van der Waals surface area (Å²) in [6.07, 6.45) is 0.0552. The molecule has 5 aromatic rings. The van der Waals surface area contributed by atoms with Crippen molar-refractivity contribution in [1.82, 2.24) is 4.98 Å². The largest absolute Gasteiger partial charge is 0.755 e. The van der Waals surface area contributed by atoms with E-state index in [-0.39, 0.29) is 24.2 Å². The van der Waals surface area contributed by atoms with Gasteiger partial charge in [0.05, 0.1) is 16.8 Å². The van der Waals surface area contributed by atoms with Crippen molar-refractivity contribution in [2.24, 2.45) is 0 Å². The number of carboxylic acid groups (broad SMARTS) is 1. The van der Waals surface area contributed by atoms with Gasteiger partial charge in [0, 0.05) is 28.4 Å². The van der Waals surface area contributed by atoms with E-state index in [1.54, 1.807) is 19.1 Å². The Labute approximate surface area is 226 Å². The summed E-state index contributed by atoms with van der Waals surface area (Å²) in [6, 6.07) is 25.6. The van der Waals surface area contributed by atoms with Crippen LogP contribution in [-0.4, -0.2) is 30.9 Å². The van der Waals surface area contributed by atoms with Gasteiger partial charge in [-0.3, -0.25) is 8.51 Å². The average molecular weight is 544 g/mol. The Bertz CT molecular complexity index is 1710. The van der Waals surface area contributed by atoms with Gasteiger partial charge in [-0.15, -0.1) is 0 Å². The fraction of sp³-hybridized carbons (Fsp3) is 0.133. The molecule has 9 heteroatoms. The molecule has 5 rings (SSSR count). The molecule has 0 saturated carbocycles. The van der Waals surface area contributed by atoms with Crippen molar-refractivity contribution < 1.29 is 27.8 Å². The predicted molar refractivity (Wildman–Crippen MR) is 148 cm³/mol. The van der Waals surface area contributed by atoms with E-state index in [9.17, 15) is 17.9 Å². The van der Waals surface area contributed by atoms with Crippen LogP contribution in [0.3, 0.4) is 0 Å². The highest BCUT2D eigenvalue weighted by Crippen LogP contribution is 2.29. The topological polar surface area (TPSA) is 103 Å². The van der Waals surface area contributed by atoms with Gasteiger partial charge in [0.25, 0.3) is 0 Å². The van der Waals surface area contributed by atoms with Crippen LogP contribution in [0, 0.1) is 5.82 Å². The Hall–Kier alpha value is -4.34. The zero-order chi connectivity index (χ0) is 27.5. The average Bonchev–Trinajstić information content (AvgIpc) is 2.92. The van der Waals surface area contributed by atoms with Crippen molar-refractivity contribution in [3.05, 3.63) is 114 Å². The van der Waals surface area contributed by atoms with Gasteiger partial charge in [0.15, 0.2) is 0 Å². The number of aromatic carboxylic acids is 1. The van der Waals surface area contributed by atoms with Crippen molar-refractivity contribution in [1.29, 1.82) is 0 Å². The number of aromatic nitrogens is 1. The Balaban J connectivity index is 1.36. The Morgan fingerprint density at radius 2 is 1.77 bits per heavy atom. The first-order valence-electron chi connectivity index (χ1n) is 12.2. The maximum absolute atomic E-state index is 14.5. The number of carbonyl (C=O) groups is 1. The van der Waals surface area contributed by atoms with Crippen molar-refractivity contribution >= 4 is 44.6 Å². The number of benzene rings is 4. The first-order chi connectivity index (χ1) is 18.8. The Kier molecular flexibility index (Phi) is 7.53. The summed E-state index contributed by atoms with van der Waals surface area (Å²) in [5, 5.41) is 11.8. The summed E-state index contributed by atoms with van der Waals surface area (Å²) in [5.41, 5.74) is 2.14. The molecule has 39 heavy (non-hydrogen) atoms. The SMILES string of the molecule is CC(Cc1ccc(C(=O)O)cc1F)N(c1ccc2ccc(OCc3ccc4ccccc4n3)cc2c1)S(=O)[O-]. The van der Waals surface area contributed by atoms with Crippen LogP contribution in [0.1, 0.15) is 28.5 Å². The number of halogens is 1. The quantitative estimate of drug-likeness (QED) is 0.228. The van der Waals surface area contributed by atoms with E-state index in [0.29, 0.717) is 11.4 Å². The smallest absolute Gasteiger partial charge is 0.335 e. The van der Waals surface area contributed by atoms with E-state index in [4.69, 9.17) is 9.84 Å². The first-order valence-corrected chi connectivity index (χ1v) is 13.2. The van der Waals surface area contributed by atoms with E-state index >= 15 is 0 Å². The van der Waals surface area contributed by atoms with Crippen LogP contribution in [0.2, 0.25) is 0 Å². The van der Waals surface area contributed by atoms with Gasteiger partial charge in [0.2, 0.25) is 0 Å². The summed E-state index contributed by atoms with van der Waals surface area (Å²) in [6.45, 7) is 1.94. The molecule has 4 aromatic carbocycles. The number of hydrogen-bond donors (Lipinski definition) is 1. The van der Waals surface area contributed by atoms with Crippen molar-refractivity contribution in [3.8, 4) is 5.75 Å². The maximum Gasteiger partial charge on any atom is 0.335 e. The minimum atomic E-state index is -2.64. The maximum atomic E-state index is 14.5. The molecule has 0 spiro atoms. The second-order valence-corrected chi connectivity index (χ2v) is 10.0. The van der Waals surface area contributed by atoms with Crippen LogP contribution < -0.4 is 9.04 Å². The standard InChI is InChI=1S/C30H25FN2O5S/c1-19(14-22-6-7-23(30(34)35)17-28(22)31)33(39(36)37)26-12-9-20-10-13-27(16-24(20)15-26)38-18-25-11-8-21-4-2-3-5-29(21)32-25/h2-13,15-17,19H,14,18H2,1H3,(H,34,35)(H,36,37)/p-1. The molecule has 1 N–H and O–H groups in total. The van der Waals surface area contributed by atoms with E-state index in [1.165, 1.54) is 16.4 Å². The van der Waals surface area contributed by atoms with Gasteiger partial charge < -0.3 is 14.4 Å². The van der Waals surface area contributed by atoms with Crippen molar-refractivity contribution in [3.63, 3.8) is 0 Å². The highest BCUT2D eigenvalue weighted by atomic mass is 32.2. The number of nitrogens with zero attached hydrogens (tertiary/aromatic N) is 2. The second kappa shape index (κ2) is 11.2. The zero-order valence-electron chi connectivity index (χ0n) is 20.9. The minimum Gasteiger partial charge on any atom is -0.755 e. The summed E-state index contributed by atoms with van der Waals surface area (Å²) >= 11 is -2.64. The highest BCUT2D eigenvalue weighted by Gasteiger charge is 2.19. The predicted octanol–water partition coefficient (Wildman–Crippen LogP) is 6.04. The number of anilines is 1. The van der Waals surface area contributed by atoms with Crippen LogP contribution in [-0.2, 0) is 24.3 Å². The second-order valence-electron chi connectivity index (χ2n) is 9.18. The molecule has 2 atom stereocenters. The van der Waals surface area contributed by atoms with Gasteiger partial charge >= 0.3 is 5.97 Å². The fourth-order valence-corrected chi connectivity index (χ4v) is 5.17. The van der Waals surface area contributed by atoms with Crippen LogP contribution in [0.15, 0.2) is 91.0 Å². The first kappa shape index (κ1) is 26.3. The molecule has 1 heterocycles. The molecule has 0 amide bonds. The summed E-state index contributed by atoms with van der Waals surface area (Å²) in [5.74, 6) is -1.32. The van der Waals surface area contributed by atoms with Crippen LogP contribution in [0.5, 0.6) is 5.75 Å². The molecular formula is C30H24FN2O5S-. The third kappa shape index (κ3) is 5.89. The number of hydrogen-bond acceptors (Lipinski definition) is 5. The number of ether oxygens (including phenoxy) is 1.